The number of tetrazole rings is 1. The third-order valence-electron chi connectivity index (χ3n) is 2.20. The minimum absolute atomic E-state index is 0.00900. The van der Waals surface area contributed by atoms with Crippen LogP contribution >= 0.6 is 0 Å². The van der Waals surface area contributed by atoms with Crippen molar-refractivity contribution in [3.63, 3.8) is 0 Å². The van der Waals surface area contributed by atoms with Crippen LogP contribution in [0.5, 0.6) is 0 Å². The molecule has 0 aromatic carbocycles. The van der Waals surface area contributed by atoms with E-state index in [0.29, 0.717) is 0 Å². The molecule has 18 heavy (non-hydrogen) atoms. The highest BCUT2D eigenvalue weighted by Crippen LogP contribution is 1.97. The molecule has 0 bridgehead atoms. The largest absolute Gasteiger partial charge is 0.346 e. The molecule has 1 rings (SSSR count). The second-order valence-electron chi connectivity index (χ2n) is 4.14. The number of nitrogens with two attached hydrogens (primary N) is 1. The summed E-state index contributed by atoms with van der Waals surface area (Å²) in [5.41, 5.74) is 5.62. The quantitative estimate of drug-likeness (QED) is 0.572. The number of amides is 2. The van der Waals surface area contributed by atoms with Crippen molar-refractivity contribution in [2.75, 3.05) is 11.9 Å². The molecule has 0 aliphatic rings. The maximum Gasteiger partial charge on any atom is 0.270 e. The molecule has 100 valence electrons. The van der Waals surface area contributed by atoms with Crippen molar-refractivity contribution in [1.29, 1.82) is 0 Å². The van der Waals surface area contributed by atoms with Crippen molar-refractivity contribution in [1.82, 2.24) is 25.5 Å². The van der Waals surface area contributed by atoms with Crippen molar-refractivity contribution >= 4 is 17.8 Å². The molecule has 0 aliphatic heterocycles. The van der Waals surface area contributed by atoms with Gasteiger partial charge >= 0.3 is 0 Å². The second kappa shape index (κ2) is 6.05. The Hall–Kier alpha value is -2.03. The van der Waals surface area contributed by atoms with Crippen LogP contribution in [0.2, 0.25) is 0 Å². The summed E-state index contributed by atoms with van der Waals surface area (Å²) in [5.74, 6) is -0.709. The van der Waals surface area contributed by atoms with Gasteiger partial charge in [0.25, 0.3) is 5.95 Å². The van der Waals surface area contributed by atoms with Gasteiger partial charge in [-0.05, 0) is 11.1 Å². The highest BCUT2D eigenvalue weighted by atomic mass is 16.2. The average Bonchev–Trinajstić information content (AvgIpc) is 2.70. The van der Waals surface area contributed by atoms with Crippen LogP contribution in [0.25, 0.3) is 0 Å². The van der Waals surface area contributed by atoms with Crippen molar-refractivity contribution in [3.05, 3.63) is 0 Å². The van der Waals surface area contributed by atoms with Crippen molar-refractivity contribution in [2.24, 2.45) is 18.7 Å². The number of carbonyl (C=O) groups excluding carboxylic acids is 2. The van der Waals surface area contributed by atoms with Crippen LogP contribution in [0, 0.1) is 5.92 Å². The van der Waals surface area contributed by atoms with E-state index >= 15 is 0 Å². The zero-order valence-corrected chi connectivity index (χ0v) is 10.5. The Labute approximate surface area is 104 Å². The van der Waals surface area contributed by atoms with E-state index < -0.39 is 11.9 Å². The molecule has 0 aliphatic carbocycles. The number of nitrogens with one attached hydrogen (secondary N) is 2. The van der Waals surface area contributed by atoms with Crippen molar-refractivity contribution in [3.8, 4) is 0 Å². The van der Waals surface area contributed by atoms with Gasteiger partial charge < -0.3 is 11.1 Å². The van der Waals surface area contributed by atoms with Crippen LogP contribution in [0.1, 0.15) is 13.8 Å². The number of hydrogen-bond acceptors (Lipinski definition) is 6. The second-order valence-corrected chi connectivity index (χ2v) is 4.14. The zero-order valence-electron chi connectivity index (χ0n) is 10.5. The first kappa shape index (κ1) is 14.0. The highest BCUT2D eigenvalue weighted by molar-refractivity contribution is 5.93. The van der Waals surface area contributed by atoms with E-state index in [0.717, 1.165) is 0 Å². The topological polar surface area (TPSA) is 128 Å². The number of anilines is 1. The Kier molecular flexibility index (Phi) is 4.72. The lowest BCUT2D eigenvalue weighted by atomic mass is 10.1. The molecule has 0 spiro atoms. The smallest absolute Gasteiger partial charge is 0.270 e. The first-order valence-electron chi connectivity index (χ1n) is 5.47. The summed E-state index contributed by atoms with van der Waals surface area (Å²) >= 11 is 0. The maximum absolute atomic E-state index is 11.5. The van der Waals surface area contributed by atoms with Gasteiger partial charge in [-0.15, -0.1) is 5.10 Å². The monoisotopic (exact) mass is 255 g/mol. The lowest BCUT2D eigenvalue weighted by molar-refractivity contribution is -0.125. The number of hydrogen-bond donors (Lipinski definition) is 3. The minimum atomic E-state index is -0.632. The molecule has 0 saturated carbocycles. The summed E-state index contributed by atoms with van der Waals surface area (Å²) in [6.07, 6.45) is 0. The third kappa shape index (κ3) is 4.09. The minimum Gasteiger partial charge on any atom is -0.346 e. The summed E-state index contributed by atoms with van der Waals surface area (Å²) in [6, 6.07) is -0.632. The standard InChI is InChI=1S/C9H17N7O2/c1-5(2)7(10)8(18)11-4-6(17)12-9-13-15-16(3)14-9/h5,7H,4,10H2,1-3H3,(H,11,18)(H,12,14,17)/t7-/m0/s1. The Morgan fingerprint density at radius 3 is 2.61 bits per heavy atom. The number of rotatable bonds is 5. The van der Waals surface area contributed by atoms with Crippen LogP contribution in [-0.2, 0) is 16.6 Å². The van der Waals surface area contributed by atoms with Gasteiger partial charge in [-0.1, -0.05) is 18.9 Å². The van der Waals surface area contributed by atoms with Gasteiger partial charge in [0.1, 0.15) is 0 Å². The molecule has 1 aromatic rings. The molecule has 0 saturated heterocycles. The number of aromatic nitrogens is 4. The molecular weight excluding hydrogens is 238 g/mol. The number of nitrogens with zero attached hydrogens (tertiary/aromatic N) is 4. The predicted octanol–water partition coefficient (Wildman–Crippen LogP) is -1.75. The van der Waals surface area contributed by atoms with Crippen LogP contribution in [0.3, 0.4) is 0 Å². The lowest BCUT2D eigenvalue weighted by Crippen LogP contribution is -2.46. The number of aryl methyl sites for hydroxylation is 1. The zero-order chi connectivity index (χ0) is 13.7. The predicted molar refractivity (Wildman–Crippen MR) is 63.3 cm³/mol. The first-order valence-corrected chi connectivity index (χ1v) is 5.47. The van der Waals surface area contributed by atoms with Gasteiger partial charge in [0.15, 0.2) is 0 Å². The fourth-order valence-electron chi connectivity index (χ4n) is 1.09. The highest BCUT2D eigenvalue weighted by Gasteiger charge is 2.17. The van der Waals surface area contributed by atoms with Crippen molar-refractivity contribution < 1.29 is 9.59 Å². The van der Waals surface area contributed by atoms with Crippen LogP contribution in [0.4, 0.5) is 5.95 Å². The lowest BCUT2D eigenvalue weighted by Gasteiger charge is -2.14. The molecule has 4 N–H and O–H groups in total. The fourth-order valence-corrected chi connectivity index (χ4v) is 1.09. The summed E-state index contributed by atoms with van der Waals surface area (Å²) in [7, 11) is 1.58. The van der Waals surface area contributed by atoms with E-state index in [1.807, 2.05) is 13.8 Å². The van der Waals surface area contributed by atoms with E-state index in [4.69, 9.17) is 5.73 Å². The Morgan fingerprint density at radius 1 is 1.44 bits per heavy atom. The van der Waals surface area contributed by atoms with Crippen molar-refractivity contribution in [2.45, 2.75) is 19.9 Å². The Balaban J connectivity index is 2.35. The summed E-state index contributed by atoms with van der Waals surface area (Å²) in [6.45, 7) is 3.47. The molecule has 1 aromatic heterocycles. The third-order valence-corrected chi connectivity index (χ3v) is 2.20. The molecule has 2 amide bonds. The van der Waals surface area contributed by atoms with Crippen LogP contribution in [0.15, 0.2) is 0 Å². The molecule has 0 unspecified atom stereocenters. The van der Waals surface area contributed by atoms with E-state index in [1.54, 1.807) is 7.05 Å². The summed E-state index contributed by atoms with van der Waals surface area (Å²) in [4.78, 5) is 24.1. The van der Waals surface area contributed by atoms with E-state index in [1.165, 1.54) is 4.80 Å². The summed E-state index contributed by atoms with van der Waals surface area (Å²) in [5, 5.41) is 15.7. The molecular formula is C9H17N7O2. The number of carbonyl (C=O) groups is 2. The Bertz CT molecular complexity index is 428. The SMILES string of the molecule is CC(C)[C@H](N)C(=O)NCC(=O)Nc1nnn(C)n1. The van der Waals surface area contributed by atoms with Gasteiger partial charge in [0.2, 0.25) is 11.8 Å². The van der Waals surface area contributed by atoms with Gasteiger partial charge in [-0.2, -0.15) is 4.80 Å². The van der Waals surface area contributed by atoms with Gasteiger partial charge in [0, 0.05) is 0 Å². The normalized spacial score (nSPS) is 12.3. The first-order chi connectivity index (χ1) is 8.40. The maximum atomic E-state index is 11.5. The van der Waals surface area contributed by atoms with Crippen LogP contribution < -0.4 is 16.4 Å². The molecule has 0 radical (unpaired) electrons. The molecule has 9 heteroatoms. The Morgan fingerprint density at radius 2 is 2.11 bits per heavy atom. The van der Waals surface area contributed by atoms with Gasteiger partial charge in [0.05, 0.1) is 19.6 Å². The van der Waals surface area contributed by atoms with Gasteiger partial charge in [-0.3, -0.25) is 14.9 Å². The molecule has 1 heterocycles. The fraction of sp³-hybridized carbons (Fsp3) is 0.667. The van der Waals surface area contributed by atoms with E-state index in [2.05, 4.69) is 26.0 Å². The molecule has 1 atom stereocenters. The van der Waals surface area contributed by atoms with E-state index in [9.17, 15) is 9.59 Å². The molecule has 0 fully saturated rings. The van der Waals surface area contributed by atoms with Gasteiger partial charge in [-0.25, -0.2) is 0 Å². The summed E-state index contributed by atoms with van der Waals surface area (Å²) < 4.78 is 0. The average molecular weight is 255 g/mol. The van der Waals surface area contributed by atoms with Crippen LogP contribution in [-0.4, -0.2) is 44.6 Å². The molecule has 9 nitrogen and oxygen atoms in total. The van der Waals surface area contributed by atoms with E-state index in [-0.39, 0.29) is 24.3 Å².